The van der Waals surface area contributed by atoms with Crippen LogP contribution < -0.4 is 10.6 Å². The lowest BCUT2D eigenvalue weighted by Crippen LogP contribution is -2.52. The van der Waals surface area contributed by atoms with E-state index in [0.717, 1.165) is 0 Å². The Bertz CT molecular complexity index is 632. The maximum Gasteiger partial charge on any atom is 0.329 e. The van der Waals surface area contributed by atoms with Gasteiger partial charge in [0.15, 0.2) is 0 Å². The standard InChI is InChI=1S/C19H28N2O4/c1-6-11-19(5,17(24)25)21-16(23)14-9-7-13(8-10-14)15(22)20-12-18(2,3)4/h7-10H,6,11-12H2,1-5H3,(H,20,22)(H,21,23)(H,24,25). The molecule has 0 radical (unpaired) electrons. The van der Waals surface area contributed by atoms with Crippen LogP contribution in [0.4, 0.5) is 0 Å². The van der Waals surface area contributed by atoms with E-state index in [1.165, 1.54) is 19.1 Å². The van der Waals surface area contributed by atoms with Crippen molar-refractivity contribution >= 4 is 17.8 Å². The Hall–Kier alpha value is -2.37. The zero-order valence-corrected chi connectivity index (χ0v) is 15.6. The zero-order chi connectivity index (χ0) is 19.3. The number of carboxylic acids is 1. The van der Waals surface area contributed by atoms with Crippen molar-refractivity contribution in [2.45, 2.75) is 53.0 Å². The summed E-state index contributed by atoms with van der Waals surface area (Å²) in [5.74, 6) is -1.75. The Morgan fingerprint density at radius 3 is 1.84 bits per heavy atom. The molecule has 0 fully saturated rings. The normalized spacial score (nSPS) is 13.6. The number of hydrogen-bond donors (Lipinski definition) is 3. The Kier molecular flexibility index (Phi) is 6.73. The third kappa shape index (κ3) is 6.21. The molecule has 0 aliphatic carbocycles. The fourth-order valence-corrected chi connectivity index (χ4v) is 2.27. The third-order valence-electron chi connectivity index (χ3n) is 3.80. The number of rotatable bonds is 7. The van der Waals surface area contributed by atoms with Crippen molar-refractivity contribution in [3.63, 3.8) is 0 Å². The van der Waals surface area contributed by atoms with Crippen molar-refractivity contribution in [2.24, 2.45) is 5.41 Å². The van der Waals surface area contributed by atoms with Crippen LogP contribution in [0.15, 0.2) is 24.3 Å². The van der Waals surface area contributed by atoms with E-state index >= 15 is 0 Å². The molecule has 6 heteroatoms. The molecular formula is C19H28N2O4. The largest absolute Gasteiger partial charge is 0.480 e. The summed E-state index contributed by atoms with van der Waals surface area (Å²) in [7, 11) is 0. The van der Waals surface area contributed by atoms with Crippen molar-refractivity contribution < 1.29 is 19.5 Å². The molecule has 138 valence electrons. The topological polar surface area (TPSA) is 95.5 Å². The molecule has 1 rings (SSSR count). The number of hydrogen-bond acceptors (Lipinski definition) is 3. The highest BCUT2D eigenvalue weighted by Crippen LogP contribution is 2.15. The fourth-order valence-electron chi connectivity index (χ4n) is 2.27. The van der Waals surface area contributed by atoms with Crippen LogP contribution in [0.3, 0.4) is 0 Å². The van der Waals surface area contributed by atoms with E-state index in [4.69, 9.17) is 0 Å². The lowest BCUT2D eigenvalue weighted by Gasteiger charge is -2.25. The van der Waals surface area contributed by atoms with Crippen LogP contribution in [0.25, 0.3) is 0 Å². The van der Waals surface area contributed by atoms with E-state index in [-0.39, 0.29) is 11.3 Å². The van der Waals surface area contributed by atoms with Gasteiger partial charge in [0, 0.05) is 17.7 Å². The number of amides is 2. The van der Waals surface area contributed by atoms with Gasteiger partial charge in [-0.3, -0.25) is 9.59 Å². The van der Waals surface area contributed by atoms with Gasteiger partial charge in [0.1, 0.15) is 5.54 Å². The summed E-state index contributed by atoms with van der Waals surface area (Å²) in [5.41, 5.74) is -0.559. The Morgan fingerprint density at radius 1 is 0.960 bits per heavy atom. The molecule has 0 aliphatic heterocycles. The predicted octanol–water partition coefficient (Wildman–Crippen LogP) is 2.84. The summed E-state index contributed by atoms with van der Waals surface area (Å²) >= 11 is 0. The molecule has 25 heavy (non-hydrogen) atoms. The first kappa shape index (κ1) is 20.7. The molecule has 1 atom stereocenters. The third-order valence-corrected chi connectivity index (χ3v) is 3.80. The average Bonchev–Trinajstić information content (AvgIpc) is 2.52. The van der Waals surface area contributed by atoms with Crippen LogP contribution in [-0.2, 0) is 4.79 Å². The maximum atomic E-state index is 12.3. The number of aliphatic carboxylic acids is 1. The minimum atomic E-state index is -1.31. The molecule has 2 amide bonds. The van der Waals surface area contributed by atoms with Crippen molar-refractivity contribution in [3.8, 4) is 0 Å². The number of carboxylic acid groups (broad SMARTS) is 1. The minimum Gasteiger partial charge on any atom is -0.480 e. The second-order valence-electron chi connectivity index (χ2n) is 7.66. The molecule has 1 unspecified atom stereocenters. The van der Waals surface area contributed by atoms with Gasteiger partial charge >= 0.3 is 5.97 Å². The van der Waals surface area contributed by atoms with Crippen LogP contribution in [0.2, 0.25) is 0 Å². The molecule has 1 aromatic rings. The summed E-state index contributed by atoms with van der Waals surface area (Å²) in [6, 6.07) is 6.17. The monoisotopic (exact) mass is 348 g/mol. The van der Waals surface area contributed by atoms with Gasteiger partial charge in [0.2, 0.25) is 0 Å². The van der Waals surface area contributed by atoms with Crippen LogP contribution in [-0.4, -0.2) is 35.0 Å². The van der Waals surface area contributed by atoms with Gasteiger partial charge in [-0.2, -0.15) is 0 Å². The van der Waals surface area contributed by atoms with E-state index in [2.05, 4.69) is 10.6 Å². The van der Waals surface area contributed by atoms with Crippen LogP contribution >= 0.6 is 0 Å². The number of carbonyl (C=O) groups excluding carboxylic acids is 2. The SMILES string of the molecule is CCCC(C)(NC(=O)c1ccc(C(=O)NCC(C)(C)C)cc1)C(=O)O. The highest BCUT2D eigenvalue weighted by atomic mass is 16.4. The van der Waals surface area contributed by atoms with E-state index < -0.39 is 17.4 Å². The van der Waals surface area contributed by atoms with Gasteiger partial charge in [0.05, 0.1) is 0 Å². The molecule has 0 aliphatic rings. The molecule has 0 spiro atoms. The van der Waals surface area contributed by atoms with Gasteiger partial charge in [-0.15, -0.1) is 0 Å². The maximum absolute atomic E-state index is 12.3. The summed E-state index contributed by atoms with van der Waals surface area (Å²) in [5, 5.41) is 14.7. The van der Waals surface area contributed by atoms with Crippen molar-refractivity contribution in [2.75, 3.05) is 6.54 Å². The Labute approximate surface area is 149 Å². The summed E-state index contributed by atoms with van der Waals surface area (Å²) in [6.45, 7) is 9.97. The smallest absolute Gasteiger partial charge is 0.329 e. The molecule has 0 saturated carbocycles. The highest BCUT2D eigenvalue weighted by Gasteiger charge is 2.34. The predicted molar refractivity (Wildman–Crippen MR) is 96.6 cm³/mol. The lowest BCUT2D eigenvalue weighted by molar-refractivity contribution is -0.144. The molecule has 0 aromatic heterocycles. The first-order chi connectivity index (χ1) is 11.5. The van der Waals surface area contributed by atoms with Gasteiger partial charge in [-0.05, 0) is 43.0 Å². The fraction of sp³-hybridized carbons (Fsp3) is 0.526. The Morgan fingerprint density at radius 2 is 1.44 bits per heavy atom. The van der Waals surface area contributed by atoms with Crippen molar-refractivity contribution in [1.82, 2.24) is 10.6 Å². The van der Waals surface area contributed by atoms with Crippen LogP contribution in [0.1, 0.15) is 68.2 Å². The van der Waals surface area contributed by atoms with Crippen LogP contribution in [0.5, 0.6) is 0 Å². The van der Waals surface area contributed by atoms with E-state index in [9.17, 15) is 19.5 Å². The van der Waals surface area contributed by atoms with Crippen LogP contribution in [0, 0.1) is 5.41 Å². The summed E-state index contributed by atoms with van der Waals surface area (Å²) in [6.07, 6.45) is 0.970. The molecule has 6 nitrogen and oxygen atoms in total. The summed E-state index contributed by atoms with van der Waals surface area (Å²) in [4.78, 5) is 35.8. The van der Waals surface area contributed by atoms with E-state index in [1.807, 2.05) is 27.7 Å². The van der Waals surface area contributed by atoms with Gasteiger partial charge in [-0.1, -0.05) is 34.1 Å². The molecule has 0 bridgehead atoms. The average molecular weight is 348 g/mol. The number of benzene rings is 1. The number of carbonyl (C=O) groups is 3. The van der Waals surface area contributed by atoms with Gasteiger partial charge in [0.25, 0.3) is 11.8 Å². The van der Waals surface area contributed by atoms with Gasteiger partial charge < -0.3 is 15.7 Å². The molecule has 0 heterocycles. The van der Waals surface area contributed by atoms with Crippen molar-refractivity contribution in [1.29, 1.82) is 0 Å². The second kappa shape index (κ2) is 8.14. The molecule has 0 saturated heterocycles. The highest BCUT2D eigenvalue weighted by molar-refractivity contribution is 5.99. The Balaban J connectivity index is 2.80. The summed E-state index contributed by atoms with van der Waals surface area (Å²) < 4.78 is 0. The van der Waals surface area contributed by atoms with Gasteiger partial charge in [-0.25, -0.2) is 4.79 Å². The van der Waals surface area contributed by atoms with E-state index in [1.54, 1.807) is 12.1 Å². The number of nitrogens with one attached hydrogen (secondary N) is 2. The van der Waals surface area contributed by atoms with Crippen molar-refractivity contribution in [3.05, 3.63) is 35.4 Å². The lowest BCUT2D eigenvalue weighted by atomic mass is 9.95. The molecule has 3 N–H and O–H groups in total. The zero-order valence-electron chi connectivity index (χ0n) is 15.6. The minimum absolute atomic E-state index is 0.0178. The molecular weight excluding hydrogens is 320 g/mol. The first-order valence-electron chi connectivity index (χ1n) is 8.43. The molecule has 1 aromatic carbocycles. The second-order valence-corrected chi connectivity index (χ2v) is 7.66. The first-order valence-corrected chi connectivity index (χ1v) is 8.43. The quantitative estimate of drug-likeness (QED) is 0.706. The van der Waals surface area contributed by atoms with E-state index in [0.29, 0.717) is 30.5 Å².